The van der Waals surface area contributed by atoms with Crippen LogP contribution in [0.15, 0.2) is 48.5 Å². The van der Waals surface area contributed by atoms with Crippen LogP contribution in [0.3, 0.4) is 0 Å². The van der Waals surface area contributed by atoms with E-state index in [1.165, 1.54) is 11.1 Å². The van der Waals surface area contributed by atoms with Gasteiger partial charge < -0.3 is 19.5 Å². The van der Waals surface area contributed by atoms with Gasteiger partial charge in [0.1, 0.15) is 11.5 Å². The van der Waals surface area contributed by atoms with Crippen LogP contribution in [-0.4, -0.2) is 49.5 Å². The van der Waals surface area contributed by atoms with Crippen LogP contribution < -0.4 is 9.47 Å². The maximum Gasteiger partial charge on any atom is 0.122 e. The van der Waals surface area contributed by atoms with Crippen molar-refractivity contribution in [2.24, 2.45) is 0 Å². The largest absolute Gasteiger partial charge is 0.497 e. The molecule has 0 radical (unpaired) electrons. The lowest BCUT2D eigenvalue weighted by Crippen LogP contribution is -2.26. The summed E-state index contributed by atoms with van der Waals surface area (Å²) in [5, 5.41) is 9.77. The van der Waals surface area contributed by atoms with Gasteiger partial charge in [0, 0.05) is 12.6 Å². The quantitative estimate of drug-likeness (QED) is 0.789. The van der Waals surface area contributed by atoms with Crippen LogP contribution in [0.1, 0.15) is 24.0 Å². The highest BCUT2D eigenvalue weighted by Gasteiger charge is 2.27. The Bertz CT molecular complexity index is 689. The summed E-state index contributed by atoms with van der Waals surface area (Å²) in [6.45, 7) is 1.42. The first-order valence-electron chi connectivity index (χ1n) is 9.37. The van der Waals surface area contributed by atoms with E-state index in [-0.39, 0.29) is 6.10 Å². The fourth-order valence-corrected chi connectivity index (χ4v) is 3.64. The zero-order valence-corrected chi connectivity index (χ0v) is 15.7. The first-order valence-corrected chi connectivity index (χ1v) is 9.37. The summed E-state index contributed by atoms with van der Waals surface area (Å²) in [7, 11) is 3.76. The molecule has 1 aliphatic rings. The number of rotatable bonds is 8. The Morgan fingerprint density at radius 2 is 1.92 bits per heavy atom. The second-order valence-corrected chi connectivity index (χ2v) is 7.08. The van der Waals surface area contributed by atoms with Crippen LogP contribution in [0, 0.1) is 0 Å². The van der Waals surface area contributed by atoms with Gasteiger partial charge in [0.2, 0.25) is 0 Å². The van der Waals surface area contributed by atoms with E-state index in [0.717, 1.165) is 43.7 Å². The Kier molecular flexibility index (Phi) is 6.53. The molecule has 4 nitrogen and oxygen atoms in total. The van der Waals surface area contributed by atoms with E-state index >= 15 is 0 Å². The molecule has 140 valence electrons. The molecule has 1 saturated heterocycles. The molecule has 0 amide bonds. The van der Waals surface area contributed by atoms with Crippen LogP contribution in [0.5, 0.6) is 11.5 Å². The van der Waals surface area contributed by atoms with Crippen molar-refractivity contribution < 1.29 is 14.6 Å². The topological polar surface area (TPSA) is 41.9 Å². The third-order valence-corrected chi connectivity index (χ3v) is 5.17. The van der Waals surface area contributed by atoms with Gasteiger partial charge in [-0.25, -0.2) is 0 Å². The minimum absolute atomic E-state index is 0.201. The zero-order chi connectivity index (χ0) is 18.4. The van der Waals surface area contributed by atoms with E-state index in [2.05, 4.69) is 42.3 Å². The molecule has 1 fully saturated rings. The molecule has 2 aromatic carbocycles. The predicted octanol–water partition coefficient (Wildman–Crippen LogP) is 3.31. The fraction of sp³-hybridized carbons (Fsp3) is 0.455. The normalized spacial score (nSPS) is 20.3. The van der Waals surface area contributed by atoms with Gasteiger partial charge in [-0.2, -0.15) is 0 Å². The number of likely N-dealkylation sites (N-methyl/N-ethyl adjacent to an activating group) is 1. The van der Waals surface area contributed by atoms with Gasteiger partial charge in [-0.3, -0.25) is 0 Å². The van der Waals surface area contributed by atoms with Gasteiger partial charge in [0.15, 0.2) is 0 Å². The Labute approximate surface area is 156 Å². The van der Waals surface area contributed by atoms with Gasteiger partial charge in [-0.1, -0.05) is 30.3 Å². The van der Waals surface area contributed by atoms with E-state index in [1.807, 2.05) is 18.2 Å². The molecule has 0 spiro atoms. The highest BCUT2D eigenvalue weighted by atomic mass is 16.5. The lowest BCUT2D eigenvalue weighted by Gasteiger charge is -2.19. The van der Waals surface area contributed by atoms with Crippen LogP contribution >= 0.6 is 0 Å². The standard InChI is InChI=1S/C22H29NO3/c1-23-16-20(24)15-19(23)12-13-26-22-11-10-21(25-2)14-18(22)9-8-17-6-4-3-5-7-17/h3-7,10-11,14,19-20,24H,8-9,12-13,15-16H2,1-2H3/t19-,20-/m1/s1. The second kappa shape index (κ2) is 9.06. The van der Waals surface area contributed by atoms with Crippen LogP contribution in [0.4, 0.5) is 0 Å². The number of ether oxygens (including phenoxy) is 2. The molecule has 4 heteroatoms. The number of aliphatic hydroxyl groups is 1. The monoisotopic (exact) mass is 355 g/mol. The molecule has 2 atom stereocenters. The average Bonchev–Trinajstić information content (AvgIpc) is 2.98. The van der Waals surface area contributed by atoms with Crippen LogP contribution in [0.25, 0.3) is 0 Å². The zero-order valence-electron chi connectivity index (χ0n) is 15.7. The molecular weight excluding hydrogens is 326 g/mol. The molecule has 26 heavy (non-hydrogen) atoms. The van der Waals surface area contributed by atoms with Crippen LogP contribution in [-0.2, 0) is 12.8 Å². The second-order valence-electron chi connectivity index (χ2n) is 7.08. The van der Waals surface area contributed by atoms with E-state index in [9.17, 15) is 5.11 Å². The summed E-state index contributed by atoms with van der Waals surface area (Å²) in [6.07, 6.45) is 3.45. The molecule has 1 aliphatic heterocycles. The Hall–Kier alpha value is -2.04. The highest BCUT2D eigenvalue weighted by molar-refractivity contribution is 5.41. The van der Waals surface area contributed by atoms with E-state index < -0.39 is 0 Å². The summed E-state index contributed by atoms with van der Waals surface area (Å²) in [4.78, 5) is 2.22. The SMILES string of the molecule is COc1ccc(OCC[C@@H]2C[C@@H](O)CN2C)c(CCc2ccccc2)c1. The number of β-amino-alcohol motifs (C(OH)–C–C–N with tert-alkyl or cyclic N) is 1. The summed E-state index contributed by atoms with van der Waals surface area (Å²) in [5.41, 5.74) is 2.50. The Balaban J connectivity index is 1.60. The molecule has 1 N–H and O–H groups in total. The van der Waals surface area contributed by atoms with Crippen molar-refractivity contribution in [3.05, 3.63) is 59.7 Å². The summed E-state index contributed by atoms with van der Waals surface area (Å²) < 4.78 is 11.5. The molecule has 2 aromatic rings. The molecule has 0 bridgehead atoms. The first-order chi connectivity index (χ1) is 12.7. The summed E-state index contributed by atoms with van der Waals surface area (Å²) in [6, 6.07) is 16.9. The van der Waals surface area contributed by atoms with Crippen molar-refractivity contribution in [1.29, 1.82) is 0 Å². The van der Waals surface area contributed by atoms with E-state index in [4.69, 9.17) is 9.47 Å². The van der Waals surface area contributed by atoms with Gasteiger partial charge in [-0.05, 0) is 62.1 Å². The van der Waals surface area contributed by atoms with Crippen molar-refractivity contribution in [2.75, 3.05) is 27.3 Å². The lowest BCUT2D eigenvalue weighted by molar-refractivity contribution is 0.182. The Morgan fingerprint density at radius 1 is 1.12 bits per heavy atom. The Morgan fingerprint density at radius 3 is 2.62 bits per heavy atom. The third-order valence-electron chi connectivity index (χ3n) is 5.17. The van der Waals surface area contributed by atoms with E-state index in [1.54, 1.807) is 7.11 Å². The van der Waals surface area contributed by atoms with E-state index in [0.29, 0.717) is 12.6 Å². The predicted molar refractivity (Wildman–Crippen MR) is 104 cm³/mol. The molecule has 0 saturated carbocycles. The molecule has 0 unspecified atom stereocenters. The molecule has 1 heterocycles. The van der Waals surface area contributed by atoms with Gasteiger partial charge in [0.25, 0.3) is 0 Å². The van der Waals surface area contributed by atoms with Gasteiger partial charge in [0.05, 0.1) is 19.8 Å². The number of hydrogen-bond donors (Lipinski definition) is 1. The number of hydrogen-bond acceptors (Lipinski definition) is 4. The first kappa shape index (κ1) is 18.7. The van der Waals surface area contributed by atoms with Crippen molar-refractivity contribution >= 4 is 0 Å². The smallest absolute Gasteiger partial charge is 0.122 e. The van der Waals surface area contributed by atoms with Gasteiger partial charge >= 0.3 is 0 Å². The van der Waals surface area contributed by atoms with Crippen molar-refractivity contribution in [2.45, 2.75) is 37.8 Å². The number of nitrogens with zero attached hydrogens (tertiary/aromatic N) is 1. The maximum atomic E-state index is 9.77. The number of aliphatic hydroxyl groups excluding tert-OH is 1. The molecular formula is C22H29NO3. The molecule has 3 rings (SSSR count). The van der Waals surface area contributed by atoms with Crippen molar-refractivity contribution in [3.8, 4) is 11.5 Å². The fourth-order valence-electron chi connectivity index (χ4n) is 3.64. The summed E-state index contributed by atoms with van der Waals surface area (Å²) in [5.74, 6) is 1.79. The minimum Gasteiger partial charge on any atom is -0.497 e. The number of benzene rings is 2. The molecule has 0 aromatic heterocycles. The number of likely N-dealkylation sites (tertiary alicyclic amines) is 1. The highest BCUT2D eigenvalue weighted by Crippen LogP contribution is 2.27. The summed E-state index contributed by atoms with van der Waals surface area (Å²) >= 11 is 0. The van der Waals surface area contributed by atoms with Crippen LogP contribution in [0.2, 0.25) is 0 Å². The molecule has 0 aliphatic carbocycles. The van der Waals surface area contributed by atoms with Crippen molar-refractivity contribution in [1.82, 2.24) is 4.90 Å². The number of methoxy groups -OCH3 is 1. The van der Waals surface area contributed by atoms with Gasteiger partial charge in [-0.15, -0.1) is 0 Å². The lowest BCUT2D eigenvalue weighted by atomic mass is 10.0. The average molecular weight is 355 g/mol. The maximum absolute atomic E-state index is 9.77. The minimum atomic E-state index is -0.201. The third kappa shape index (κ3) is 4.99. The number of aryl methyl sites for hydroxylation is 2. The van der Waals surface area contributed by atoms with Crippen molar-refractivity contribution in [3.63, 3.8) is 0 Å².